The fraction of sp³-hybridized carbons (Fsp3) is 0.429. The van der Waals surface area contributed by atoms with Crippen LogP contribution in [-0.2, 0) is 17.0 Å². The third-order valence-corrected chi connectivity index (χ3v) is 7.41. The molecule has 0 spiro atoms. The van der Waals surface area contributed by atoms with E-state index in [2.05, 4.69) is 17.6 Å². The van der Waals surface area contributed by atoms with Gasteiger partial charge in [0.25, 0.3) is 0 Å². The van der Waals surface area contributed by atoms with Crippen molar-refractivity contribution in [1.82, 2.24) is 4.57 Å². The Balaban J connectivity index is 1.42. The van der Waals surface area contributed by atoms with E-state index >= 15 is 0 Å². The Hall–Kier alpha value is -1.50. The third kappa shape index (κ3) is 4.18. The second kappa shape index (κ2) is 8.25. The van der Waals surface area contributed by atoms with E-state index in [9.17, 15) is 4.79 Å². The lowest BCUT2D eigenvalue weighted by molar-refractivity contribution is 0.0957. The van der Waals surface area contributed by atoms with Crippen molar-refractivity contribution in [3.63, 3.8) is 0 Å². The first-order valence-electron chi connectivity index (χ1n) is 9.35. The summed E-state index contributed by atoms with van der Waals surface area (Å²) in [5, 5.41) is 0. The van der Waals surface area contributed by atoms with Gasteiger partial charge in [-0.2, -0.15) is 0 Å². The molecule has 1 fully saturated rings. The van der Waals surface area contributed by atoms with Crippen LogP contribution in [0.2, 0.25) is 0 Å². The summed E-state index contributed by atoms with van der Waals surface area (Å²) in [6.45, 7) is 5.82. The number of benzene rings is 1. The number of hydrogen-bond acceptors (Lipinski definition) is 5. The lowest BCUT2D eigenvalue weighted by Gasteiger charge is -2.15. The summed E-state index contributed by atoms with van der Waals surface area (Å²) in [6.07, 6.45) is 2.52. The van der Waals surface area contributed by atoms with Gasteiger partial charge in [0.05, 0.1) is 17.5 Å². The molecular weight excluding hydrogens is 376 g/mol. The van der Waals surface area contributed by atoms with Gasteiger partial charge in [0.2, 0.25) is 0 Å². The summed E-state index contributed by atoms with van der Waals surface area (Å²) in [5.74, 6) is 1.53. The van der Waals surface area contributed by atoms with E-state index in [0.717, 1.165) is 58.8 Å². The van der Waals surface area contributed by atoms with Crippen molar-refractivity contribution in [2.24, 2.45) is 4.99 Å². The van der Waals surface area contributed by atoms with Crippen LogP contribution < -0.4 is 0 Å². The maximum Gasteiger partial charge on any atom is 0.174 e. The standard InChI is InChI=1S/C21H24N2O2S2/c1-14-10-18(15(2)23(14)11-17-7-5-9-25-17)20(24)13-27-21-22-19-8-4-3-6-16(19)12-26-21/h3-4,6,8,10,17H,5,7,9,11-13H2,1-2H3. The zero-order chi connectivity index (χ0) is 18.8. The van der Waals surface area contributed by atoms with Crippen molar-refractivity contribution in [3.8, 4) is 0 Å². The molecule has 0 amide bonds. The topological polar surface area (TPSA) is 43.6 Å². The van der Waals surface area contributed by atoms with Crippen molar-refractivity contribution >= 4 is 39.4 Å². The summed E-state index contributed by atoms with van der Waals surface area (Å²) in [7, 11) is 0. The first-order valence-corrected chi connectivity index (χ1v) is 11.3. The van der Waals surface area contributed by atoms with Crippen LogP contribution in [0.25, 0.3) is 0 Å². The minimum atomic E-state index is 0.175. The monoisotopic (exact) mass is 400 g/mol. The molecule has 1 aromatic heterocycles. The molecule has 0 bridgehead atoms. The normalized spacial score (nSPS) is 19.0. The van der Waals surface area contributed by atoms with Gasteiger partial charge in [-0.3, -0.25) is 4.79 Å². The summed E-state index contributed by atoms with van der Waals surface area (Å²) < 4.78 is 8.98. The molecule has 1 atom stereocenters. The van der Waals surface area contributed by atoms with Gasteiger partial charge in [-0.25, -0.2) is 4.99 Å². The molecule has 4 nitrogen and oxygen atoms in total. The lowest BCUT2D eigenvalue weighted by Crippen LogP contribution is -2.17. The number of aryl methyl sites for hydroxylation is 1. The number of hydrogen-bond donors (Lipinski definition) is 0. The number of ether oxygens (including phenoxy) is 1. The van der Waals surface area contributed by atoms with E-state index < -0.39 is 0 Å². The zero-order valence-electron chi connectivity index (χ0n) is 15.7. The Morgan fingerprint density at radius 3 is 3.04 bits per heavy atom. The number of thioether (sulfide) groups is 2. The Morgan fingerprint density at radius 1 is 1.37 bits per heavy atom. The molecule has 4 rings (SSSR count). The first-order chi connectivity index (χ1) is 13.1. The molecule has 0 saturated carbocycles. The largest absolute Gasteiger partial charge is 0.376 e. The van der Waals surface area contributed by atoms with Crippen LogP contribution in [0.3, 0.4) is 0 Å². The average molecular weight is 401 g/mol. The Labute approximate surface area is 168 Å². The molecular formula is C21H24N2O2S2. The minimum absolute atomic E-state index is 0.175. The van der Waals surface area contributed by atoms with Gasteiger partial charge in [-0.1, -0.05) is 41.7 Å². The van der Waals surface area contributed by atoms with Gasteiger partial charge >= 0.3 is 0 Å². The molecule has 1 saturated heterocycles. The van der Waals surface area contributed by atoms with E-state index in [-0.39, 0.29) is 11.9 Å². The molecule has 142 valence electrons. The molecule has 0 N–H and O–H groups in total. The number of ketones is 1. The first kappa shape index (κ1) is 18.8. The molecule has 2 aliphatic rings. The number of aromatic nitrogens is 1. The van der Waals surface area contributed by atoms with Crippen LogP contribution in [0.15, 0.2) is 35.3 Å². The van der Waals surface area contributed by atoms with Crippen LogP contribution in [0.4, 0.5) is 5.69 Å². The fourth-order valence-electron chi connectivity index (χ4n) is 3.65. The highest BCUT2D eigenvalue weighted by Crippen LogP contribution is 2.34. The van der Waals surface area contributed by atoms with E-state index in [1.165, 1.54) is 5.56 Å². The molecule has 0 aliphatic carbocycles. The molecule has 1 unspecified atom stereocenters. The molecule has 27 heavy (non-hydrogen) atoms. The van der Waals surface area contributed by atoms with Gasteiger partial charge in [-0.15, -0.1) is 0 Å². The van der Waals surface area contributed by atoms with Gasteiger partial charge in [-0.05, 0) is 44.4 Å². The van der Waals surface area contributed by atoms with Crippen molar-refractivity contribution in [2.45, 2.75) is 45.1 Å². The van der Waals surface area contributed by atoms with Crippen LogP contribution in [0.1, 0.15) is 40.2 Å². The van der Waals surface area contributed by atoms with Gasteiger partial charge in [0, 0.05) is 35.9 Å². The molecule has 0 radical (unpaired) electrons. The number of Topliss-reactive ketones (excluding diaryl/α,β-unsaturated/α-hetero) is 1. The van der Waals surface area contributed by atoms with E-state index in [0.29, 0.717) is 5.75 Å². The highest BCUT2D eigenvalue weighted by Gasteiger charge is 2.22. The quantitative estimate of drug-likeness (QED) is 0.652. The Morgan fingerprint density at radius 2 is 2.22 bits per heavy atom. The average Bonchev–Trinajstić information content (AvgIpc) is 3.30. The molecule has 2 aromatic rings. The maximum absolute atomic E-state index is 12.8. The number of fused-ring (bicyclic) bond motifs is 1. The van der Waals surface area contributed by atoms with Crippen molar-refractivity contribution < 1.29 is 9.53 Å². The SMILES string of the molecule is Cc1cc(C(=O)CSC2=Nc3ccccc3CS2)c(C)n1CC1CCCO1. The van der Waals surface area contributed by atoms with E-state index in [1.54, 1.807) is 23.5 Å². The summed E-state index contributed by atoms with van der Waals surface area (Å²) in [4.78, 5) is 17.5. The second-order valence-corrected chi connectivity index (χ2v) is 9.22. The van der Waals surface area contributed by atoms with Crippen LogP contribution in [-0.4, -0.2) is 33.2 Å². The number of carbonyl (C=O) groups excluding carboxylic acids is 1. The number of rotatable bonds is 5. The van der Waals surface area contributed by atoms with Crippen LogP contribution in [0, 0.1) is 13.8 Å². The summed E-state index contributed by atoms with van der Waals surface area (Å²) in [6, 6.07) is 10.2. The lowest BCUT2D eigenvalue weighted by atomic mass is 10.2. The van der Waals surface area contributed by atoms with E-state index in [4.69, 9.17) is 9.73 Å². The maximum atomic E-state index is 12.8. The highest BCUT2D eigenvalue weighted by molar-refractivity contribution is 8.38. The number of carbonyl (C=O) groups is 1. The molecule has 1 aromatic carbocycles. The molecule has 3 heterocycles. The Kier molecular flexibility index (Phi) is 5.76. The predicted molar refractivity (Wildman–Crippen MR) is 115 cm³/mol. The van der Waals surface area contributed by atoms with Gasteiger partial charge in [0.15, 0.2) is 5.78 Å². The van der Waals surface area contributed by atoms with Crippen LogP contribution >= 0.6 is 23.5 Å². The second-order valence-electron chi connectivity index (χ2n) is 7.04. The molecule has 2 aliphatic heterocycles. The fourth-order valence-corrected chi connectivity index (χ4v) is 5.59. The van der Waals surface area contributed by atoms with Crippen molar-refractivity contribution in [1.29, 1.82) is 0 Å². The highest BCUT2D eigenvalue weighted by atomic mass is 32.2. The van der Waals surface area contributed by atoms with Gasteiger partial charge < -0.3 is 9.30 Å². The minimum Gasteiger partial charge on any atom is -0.376 e. The molecule has 6 heteroatoms. The summed E-state index contributed by atoms with van der Waals surface area (Å²) in [5.41, 5.74) is 5.31. The van der Waals surface area contributed by atoms with Crippen molar-refractivity contribution in [2.75, 3.05) is 12.4 Å². The van der Waals surface area contributed by atoms with Gasteiger partial charge in [0.1, 0.15) is 4.38 Å². The third-order valence-electron chi connectivity index (χ3n) is 5.17. The van der Waals surface area contributed by atoms with E-state index in [1.807, 2.05) is 31.2 Å². The van der Waals surface area contributed by atoms with Crippen LogP contribution in [0.5, 0.6) is 0 Å². The number of para-hydroxylation sites is 1. The summed E-state index contributed by atoms with van der Waals surface area (Å²) >= 11 is 3.27. The Bertz CT molecular complexity index is 882. The zero-order valence-corrected chi connectivity index (χ0v) is 17.4. The smallest absolute Gasteiger partial charge is 0.174 e. The van der Waals surface area contributed by atoms with Crippen molar-refractivity contribution in [3.05, 3.63) is 52.8 Å². The predicted octanol–water partition coefficient (Wildman–Crippen LogP) is 5.13. The number of nitrogens with zero attached hydrogens (tertiary/aromatic N) is 2. The number of aliphatic imine (C=N–C) groups is 1.